The average molecular weight is 352 g/mol. The highest BCUT2D eigenvalue weighted by Crippen LogP contribution is 2.30. The summed E-state index contributed by atoms with van der Waals surface area (Å²) in [4.78, 5) is 14.6. The maximum absolute atomic E-state index is 12.4. The molecule has 1 saturated heterocycles. The number of aliphatic hydroxyl groups excluding tert-OH is 1. The molecule has 1 unspecified atom stereocenters. The lowest BCUT2D eigenvalue weighted by Crippen LogP contribution is -2.40. The van der Waals surface area contributed by atoms with Gasteiger partial charge in [-0.1, -0.05) is 42.5 Å². The van der Waals surface area contributed by atoms with Crippen LogP contribution in [-0.4, -0.2) is 35.5 Å². The Morgan fingerprint density at radius 1 is 1.15 bits per heavy atom. The van der Waals surface area contributed by atoms with Gasteiger partial charge in [0, 0.05) is 5.69 Å². The smallest absolute Gasteiger partial charge is 0.238 e. The summed E-state index contributed by atoms with van der Waals surface area (Å²) >= 11 is 0. The Morgan fingerprint density at radius 2 is 1.85 bits per heavy atom. The van der Waals surface area contributed by atoms with E-state index in [1.54, 1.807) is 0 Å². The van der Waals surface area contributed by atoms with E-state index in [-0.39, 0.29) is 11.8 Å². The van der Waals surface area contributed by atoms with Gasteiger partial charge < -0.3 is 10.4 Å². The van der Waals surface area contributed by atoms with Gasteiger partial charge in [0.25, 0.3) is 0 Å². The zero-order valence-corrected chi connectivity index (χ0v) is 15.6. The van der Waals surface area contributed by atoms with Crippen molar-refractivity contribution in [1.29, 1.82) is 0 Å². The molecular weight excluding hydrogens is 324 g/mol. The second-order valence-corrected chi connectivity index (χ2v) is 7.34. The van der Waals surface area contributed by atoms with Crippen LogP contribution in [0.1, 0.15) is 35.6 Å². The second-order valence-electron chi connectivity index (χ2n) is 7.34. The number of nitrogens with zero attached hydrogens (tertiary/aromatic N) is 1. The highest BCUT2D eigenvalue weighted by Gasteiger charge is 2.27. The molecule has 4 nitrogen and oxygen atoms in total. The highest BCUT2D eigenvalue weighted by molar-refractivity contribution is 5.93. The number of likely N-dealkylation sites (tertiary alicyclic amines) is 1. The van der Waals surface area contributed by atoms with Gasteiger partial charge in [-0.05, 0) is 68.5 Å². The number of rotatable bonds is 5. The van der Waals surface area contributed by atoms with Gasteiger partial charge in [0.15, 0.2) is 0 Å². The van der Waals surface area contributed by atoms with Crippen LogP contribution < -0.4 is 5.32 Å². The molecule has 0 spiro atoms. The van der Waals surface area contributed by atoms with Gasteiger partial charge in [-0.3, -0.25) is 9.69 Å². The number of carbonyl (C=O) groups excluding carboxylic acids is 1. The van der Waals surface area contributed by atoms with E-state index in [1.807, 2.05) is 62.4 Å². The zero-order chi connectivity index (χ0) is 18.5. The van der Waals surface area contributed by atoms with Crippen LogP contribution >= 0.6 is 0 Å². The quantitative estimate of drug-likeness (QED) is 0.863. The molecule has 0 bridgehead atoms. The maximum Gasteiger partial charge on any atom is 0.238 e. The summed E-state index contributed by atoms with van der Waals surface area (Å²) in [6.45, 7) is 6.12. The van der Waals surface area contributed by atoms with Crippen LogP contribution in [-0.2, 0) is 4.79 Å². The lowest BCUT2D eigenvalue weighted by atomic mass is 9.87. The summed E-state index contributed by atoms with van der Waals surface area (Å²) in [6, 6.07) is 15.9. The summed E-state index contributed by atoms with van der Waals surface area (Å²) < 4.78 is 0. The Morgan fingerprint density at radius 3 is 2.54 bits per heavy atom. The molecule has 0 aromatic heterocycles. The van der Waals surface area contributed by atoms with Crippen LogP contribution in [0.3, 0.4) is 0 Å². The average Bonchev–Trinajstić information content (AvgIpc) is 2.65. The Hall–Kier alpha value is -2.17. The van der Waals surface area contributed by atoms with Gasteiger partial charge in [-0.2, -0.15) is 0 Å². The highest BCUT2D eigenvalue weighted by atomic mass is 16.3. The molecular formula is C22H28N2O2. The SMILES string of the molecule is Cc1ccc(C)c(NC(=O)CN2CCC(C(O)c3ccccc3)CC2)c1. The minimum atomic E-state index is -0.415. The third-order valence-electron chi connectivity index (χ3n) is 5.25. The molecule has 2 aromatic rings. The van der Waals surface area contributed by atoms with Crippen molar-refractivity contribution in [2.45, 2.75) is 32.8 Å². The van der Waals surface area contributed by atoms with Crippen LogP contribution in [0.15, 0.2) is 48.5 Å². The number of hydrogen-bond donors (Lipinski definition) is 2. The molecule has 138 valence electrons. The topological polar surface area (TPSA) is 52.6 Å². The fourth-order valence-corrected chi connectivity index (χ4v) is 3.61. The predicted octanol–water partition coefficient (Wildman–Crippen LogP) is 3.69. The van der Waals surface area contributed by atoms with Crippen LogP contribution in [0.2, 0.25) is 0 Å². The molecule has 0 radical (unpaired) electrons. The Balaban J connectivity index is 1.49. The molecule has 26 heavy (non-hydrogen) atoms. The van der Waals surface area contributed by atoms with Gasteiger partial charge in [-0.15, -0.1) is 0 Å². The van der Waals surface area contributed by atoms with Crippen LogP contribution in [0.5, 0.6) is 0 Å². The first-order valence-electron chi connectivity index (χ1n) is 9.35. The second kappa shape index (κ2) is 8.47. The molecule has 2 N–H and O–H groups in total. The number of carbonyl (C=O) groups is 1. The third kappa shape index (κ3) is 4.71. The van der Waals surface area contributed by atoms with E-state index in [0.29, 0.717) is 6.54 Å². The predicted molar refractivity (Wildman–Crippen MR) is 105 cm³/mol. The van der Waals surface area contributed by atoms with Gasteiger partial charge in [0.1, 0.15) is 0 Å². The number of hydrogen-bond acceptors (Lipinski definition) is 3. The first-order chi connectivity index (χ1) is 12.5. The normalized spacial score (nSPS) is 17.0. The molecule has 1 fully saturated rings. The fourth-order valence-electron chi connectivity index (χ4n) is 3.61. The van der Waals surface area contributed by atoms with Crippen molar-refractivity contribution in [3.8, 4) is 0 Å². The zero-order valence-electron chi connectivity index (χ0n) is 15.6. The fraction of sp³-hybridized carbons (Fsp3) is 0.409. The molecule has 1 aliphatic rings. The summed E-state index contributed by atoms with van der Waals surface area (Å²) in [6.07, 6.45) is 1.40. The van der Waals surface area contributed by atoms with Gasteiger partial charge in [0.05, 0.1) is 12.6 Å². The van der Waals surface area contributed by atoms with E-state index in [4.69, 9.17) is 0 Å². The van der Waals surface area contributed by atoms with Crippen molar-refractivity contribution in [3.63, 3.8) is 0 Å². The number of aliphatic hydroxyl groups is 1. The monoisotopic (exact) mass is 352 g/mol. The van der Waals surface area contributed by atoms with Crippen LogP contribution in [0, 0.1) is 19.8 Å². The van der Waals surface area contributed by atoms with Crippen molar-refractivity contribution < 1.29 is 9.90 Å². The first kappa shape index (κ1) is 18.6. The number of aryl methyl sites for hydroxylation is 2. The molecule has 1 amide bonds. The van der Waals surface area contributed by atoms with E-state index in [2.05, 4.69) is 10.2 Å². The van der Waals surface area contributed by atoms with Gasteiger partial charge >= 0.3 is 0 Å². The molecule has 4 heteroatoms. The van der Waals surface area contributed by atoms with Gasteiger partial charge in [-0.25, -0.2) is 0 Å². The van der Waals surface area contributed by atoms with Crippen molar-refractivity contribution >= 4 is 11.6 Å². The van der Waals surface area contributed by atoms with Crippen LogP contribution in [0.25, 0.3) is 0 Å². The van der Waals surface area contributed by atoms with Crippen molar-refractivity contribution in [1.82, 2.24) is 4.90 Å². The van der Waals surface area contributed by atoms with Gasteiger partial charge in [0.2, 0.25) is 5.91 Å². The third-order valence-corrected chi connectivity index (χ3v) is 5.25. The molecule has 1 atom stereocenters. The number of anilines is 1. The van der Waals surface area contributed by atoms with Crippen molar-refractivity contribution in [2.75, 3.05) is 25.0 Å². The van der Waals surface area contributed by atoms with E-state index in [0.717, 1.165) is 48.3 Å². The van der Waals surface area contributed by atoms with E-state index >= 15 is 0 Å². The Bertz CT molecular complexity index is 737. The minimum absolute atomic E-state index is 0.0285. The molecule has 3 rings (SSSR count). The Kier molecular flexibility index (Phi) is 6.07. The van der Waals surface area contributed by atoms with E-state index in [1.165, 1.54) is 0 Å². The largest absolute Gasteiger partial charge is 0.388 e. The number of piperidine rings is 1. The summed E-state index contributed by atoms with van der Waals surface area (Å²) in [7, 11) is 0. The lowest BCUT2D eigenvalue weighted by molar-refractivity contribution is -0.117. The van der Waals surface area contributed by atoms with Crippen LogP contribution in [0.4, 0.5) is 5.69 Å². The molecule has 2 aromatic carbocycles. The summed E-state index contributed by atoms with van der Waals surface area (Å²) in [5, 5.41) is 13.6. The number of nitrogens with one attached hydrogen (secondary N) is 1. The van der Waals surface area contributed by atoms with E-state index in [9.17, 15) is 9.90 Å². The summed E-state index contributed by atoms with van der Waals surface area (Å²) in [5.41, 5.74) is 4.10. The standard InChI is InChI=1S/C22H28N2O2/c1-16-8-9-17(2)20(14-16)23-21(25)15-24-12-10-19(11-13-24)22(26)18-6-4-3-5-7-18/h3-9,14,19,22,26H,10-13,15H2,1-2H3,(H,23,25). The van der Waals surface area contributed by atoms with E-state index < -0.39 is 6.10 Å². The molecule has 1 aliphatic heterocycles. The minimum Gasteiger partial charge on any atom is -0.388 e. The lowest BCUT2D eigenvalue weighted by Gasteiger charge is -2.34. The first-order valence-corrected chi connectivity index (χ1v) is 9.35. The number of benzene rings is 2. The Labute approximate surface area is 155 Å². The van der Waals surface area contributed by atoms with Crippen molar-refractivity contribution in [3.05, 3.63) is 65.2 Å². The molecule has 0 saturated carbocycles. The maximum atomic E-state index is 12.4. The summed E-state index contributed by atoms with van der Waals surface area (Å²) in [5.74, 6) is 0.288. The molecule has 0 aliphatic carbocycles. The van der Waals surface area contributed by atoms with Crippen molar-refractivity contribution in [2.24, 2.45) is 5.92 Å². The number of amides is 1. The molecule has 1 heterocycles.